The maximum atomic E-state index is 13.7. The van der Waals surface area contributed by atoms with Crippen molar-refractivity contribution in [1.82, 2.24) is 0 Å². The van der Waals surface area contributed by atoms with Crippen LogP contribution in [0.25, 0.3) is 0 Å². The maximum absolute atomic E-state index is 13.7. The zero-order valence-corrected chi connectivity index (χ0v) is 17.8. The van der Waals surface area contributed by atoms with Crippen molar-refractivity contribution in [2.24, 2.45) is 0 Å². The Balaban J connectivity index is 1.68. The molecule has 3 aromatic carbocycles. The quantitative estimate of drug-likeness (QED) is 0.640. The van der Waals surface area contributed by atoms with Crippen LogP contribution < -0.4 is 9.80 Å². The summed E-state index contributed by atoms with van der Waals surface area (Å²) in [5, 5.41) is 11.9. The first-order valence-corrected chi connectivity index (χ1v) is 10.5. The van der Waals surface area contributed by atoms with Crippen LogP contribution in [-0.2, 0) is 21.7 Å². The average Bonchev–Trinajstić information content (AvgIpc) is 3.13. The van der Waals surface area contributed by atoms with Gasteiger partial charge in [0.25, 0.3) is 5.91 Å². The van der Waals surface area contributed by atoms with Crippen LogP contribution in [0.2, 0.25) is 0 Å². The number of fused-ring (bicyclic) bond motifs is 2. The number of nitrogens with zero attached hydrogens (tertiary/aromatic N) is 2. The molecule has 0 fully saturated rings. The normalized spacial score (nSPS) is 22.4. The zero-order valence-electron chi connectivity index (χ0n) is 16.2. The molecule has 2 atom stereocenters. The second kappa shape index (κ2) is 6.79. The summed E-state index contributed by atoms with van der Waals surface area (Å²) < 4.78 is 0.798. The lowest BCUT2D eigenvalue weighted by molar-refractivity contribution is -0.144. The highest BCUT2D eigenvalue weighted by molar-refractivity contribution is 9.10. The van der Waals surface area contributed by atoms with Gasteiger partial charge in [0.05, 0.1) is 12.2 Å². The number of hydrogen-bond acceptors (Lipinski definition) is 3. The van der Waals surface area contributed by atoms with Crippen molar-refractivity contribution >= 4 is 39.1 Å². The third-order valence-corrected chi connectivity index (χ3v) is 6.51. The minimum absolute atomic E-state index is 0.289. The molecule has 30 heavy (non-hydrogen) atoms. The van der Waals surface area contributed by atoms with Gasteiger partial charge in [0.15, 0.2) is 5.60 Å². The molecular weight excluding hydrogens is 444 g/mol. The van der Waals surface area contributed by atoms with Gasteiger partial charge in [-0.3, -0.25) is 9.59 Å². The summed E-state index contributed by atoms with van der Waals surface area (Å²) in [6.07, 6.45) is 0. The molecule has 5 rings (SSSR count). The van der Waals surface area contributed by atoms with Crippen molar-refractivity contribution in [1.29, 1.82) is 0 Å². The van der Waals surface area contributed by atoms with Gasteiger partial charge in [-0.15, -0.1) is 0 Å². The number of hydrogen-bond donors (Lipinski definition) is 1. The molecule has 2 amide bonds. The molecule has 6 heteroatoms. The van der Waals surface area contributed by atoms with Gasteiger partial charge >= 0.3 is 0 Å². The lowest BCUT2D eigenvalue weighted by atomic mass is 9.78. The summed E-state index contributed by atoms with van der Waals surface area (Å²) in [6.45, 7) is 0.309. The minimum atomic E-state index is -1.97. The molecule has 3 aromatic rings. The van der Waals surface area contributed by atoms with Crippen molar-refractivity contribution in [3.05, 3.63) is 94.0 Å². The highest BCUT2D eigenvalue weighted by atomic mass is 79.9. The van der Waals surface area contributed by atoms with Crippen molar-refractivity contribution in [2.45, 2.75) is 18.1 Å². The van der Waals surface area contributed by atoms with E-state index < -0.39 is 17.4 Å². The van der Waals surface area contributed by atoms with E-state index in [0.29, 0.717) is 29.0 Å². The Morgan fingerprint density at radius 2 is 1.67 bits per heavy atom. The fourth-order valence-electron chi connectivity index (χ4n) is 4.57. The molecule has 2 aliphatic rings. The van der Waals surface area contributed by atoms with Crippen LogP contribution in [0.3, 0.4) is 0 Å². The summed E-state index contributed by atoms with van der Waals surface area (Å²) in [7, 11) is 1.67. The van der Waals surface area contributed by atoms with Gasteiger partial charge in [-0.1, -0.05) is 70.5 Å². The van der Waals surface area contributed by atoms with Crippen LogP contribution in [0.5, 0.6) is 0 Å². The summed E-state index contributed by atoms with van der Waals surface area (Å²) in [4.78, 5) is 30.1. The summed E-state index contributed by atoms with van der Waals surface area (Å²) >= 11 is 3.47. The molecule has 0 unspecified atom stereocenters. The fourth-order valence-corrected chi connectivity index (χ4v) is 4.92. The Morgan fingerprint density at radius 1 is 0.967 bits per heavy atom. The SMILES string of the molecule is CN1C(=O)[C@@H]([C@@]2(O)C(=O)N(Cc3ccccc3)c3cc(Br)ccc32)c2ccccc21. The molecule has 0 spiro atoms. The largest absolute Gasteiger partial charge is 0.374 e. The number of carbonyl (C=O) groups excluding carboxylic acids is 2. The number of carbonyl (C=O) groups is 2. The van der Waals surface area contributed by atoms with Crippen molar-refractivity contribution < 1.29 is 14.7 Å². The molecule has 0 radical (unpaired) electrons. The second-order valence-corrected chi connectivity index (χ2v) is 8.61. The van der Waals surface area contributed by atoms with Crippen LogP contribution >= 0.6 is 15.9 Å². The molecule has 0 saturated heterocycles. The zero-order chi connectivity index (χ0) is 21.0. The average molecular weight is 463 g/mol. The number of amides is 2. The van der Waals surface area contributed by atoms with E-state index in [-0.39, 0.29) is 5.91 Å². The van der Waals surface area contributed by atoms with Gasteiger partial charge in [0, 0.05) is 22.8 Å². The van der Waals surface area contributed by atoms with E-state index in [0.717, 1.165) is 10.0 Å². The van der Waals surface area contributed by atoms with Crippen LogP contribution in [0.15, 0.2) is 77.3 Å². The molecule has 0 bridgehead atoms. The molecular formula is C24H19BrN2O3. The van der Waals surface area contributed by atoms with Crippen molar-refractivity contribution in [2.75, 3.05) is 16.8 Å². The van der Waals surface area contributed by atoms with E-state index in [9.17, 15) is 14.7 Å². The number of halogens is 1. The van der Waals surface area contributed by atoms with E-state index in [1.807, 2.05) is 60.7 Å². The van der Waals surface area contributed by atoms with Crippen LogP contribution in [0, 0.1) is 0 Å². The Labute approximate surface area is 182 Å². The predicted molar refractivity (Wildman–Crippen MR) is 118 cm³/mol. The molecule has 2 heterocycles. The molecule has 5 nitrogen and oxygen atoms in total. The molecule has 0 aliphatic carbocycles. The number of rotatable bonds is 3. The molecule has 0 aromatic heterocycles. The van der Waals surface area contributed by atoms with Gasteiger partial charge in [-0.25, -0.2) is 0 Å². The number of aliphatic hydroxyl groups is 1. The fraction of sp³-hybridized carbons (Fsp3) is 0.167. The third-order valence-electron chi connectivity index (χ3n) is 6.02. The maximum Gasteiger partial charge on any atom is 0.265 e. The van der Waals surface area contributed by atoms with E-state index in [4.69, 9.17) is 0 Å². The highest BCUT2D eigenvalue weighted by Gasteiger charge is 2.60. The summed E-state index contributed by atoms with van der Waals surface area (Å²) in [6, 6.07) is 22.3. The predicted octanol–water partition coefficient (Wildman–Crippen LogP) is 3.94. The van der Waals surface area contributed by atoms with Crippen LogP contribution in [0.4, 0.5) is 11.4 Å². The number of likely N-dealkylation sites (N-methyl/N-ethyl adjacent to an activating group) is 1. The van der Waals surface area contributed by atoms with E-state index in [1.165, 1.54) is 4.90 Å². The van der Waals surface area contributed by atoms with E-state index >= 15 is 0 Å². The Bertz CT molecular complexity index is 1180. The summed E-state index contributed by atoms with van der Waals surface area (Å²) in [5.41, 5.74) is 1.42. The highest BCUT2D eigenvalue weighted by Crippen LogP contribution is 2.53. The van der Waals surface area contributed by atoms with Crippen molar-refractivity contribution in [3.8, 4) is 0 Å². The summed E-state index contributed by atoms with van der Waals surface area (Å²) in [5.74, 6) is -1.77. The Morgan fingerprint density at radius 3 is 2.43 bits per heavy atom. The molecule has 150 valence electrons. The van der Waals surface area contributed by atoms with Crippen LogP contribution in [-0.4, -0.2) is 24.0 Å². The smallest absolute Gasteiger partial charge is 0.265 e. The van der Waals surface area contributed by atoms with Crippen LogP contribution in [0.1, 0.15) is 22.6 Å². The number of benzene rings is 3. The van der Waals surface area contributed by atoms with Gasteiger partial charge < -0.3 is 14.9 Å². The number of para-hydroxylation sites is 1. The van der Waals surface area contributed by atoms with E-state index in [1.54, 1.807) is 24.1 Å². The standard InChI is InChI=1S/C24H19BrN2O3/c1-26-19-10-6-5-9-17(19)21(22(26)28)24(30)18-12-11-16(25)13-20(18)27(23(24)29)14-15-7-3-2-4-8-15/h2-13,21,30H,14H2,1H3/t21-,24+/m0/s1. The molecule has 1 N–H and O–H groups in total. The third kappa shape index (κ3) is 2.57. The molecule has 0 saturated carbocycles. The Hall–Kier alpha value is -2.96. The first kappa shape index (κ1) is 19.0. The van der Waals surface area contributed by atoms with E-state index in [2.05, 4.69) is 15.9 Å². The first-order chi connectivity index (χ1) is 14.4. The van der Waals surface area contributed by atoms with Gasteiger partial charge in [0.1, 0.15) is 5.92 Å². The topological polar surface area (TPSA) is 60.9 Å². The minimum Gasteiger partial charge on any atom is -0.374 e. The van der Waals surface area contributed by atoms with Gasteiger partial charge in [-0.2, -0.15) is 0 Å². The van der Waals surface area contributed by atoms with Crippen molar-refractivity contribution in [3.63, 3.8) is 0 Å². The van der Waals surface area contributed by atoms with Gasteiger partial charge in [0.2, 0.25) is 5.91 Å². The Kier molecular flexibility index (Phi) is 4.31. The first-order valence-electron chi connectivity index (χ1n) is 9.67. The second-order valence-electron chi connectivity index (χ2n) is 7.69. The number of anilines is 2. The lowest BCUT2D eigenvalue weighted by Gasteiger charge is -2.28. The molecule has 2 aliphatic heterocycles. The van der Waals surface area contributed by atoms with Gasteiger partial charge in [-0.05, 0) is 29.3 Å². The monoisotopic (exact) mass is 462 g/mol. The lowest BCUT2D eigenvalue weighted by Crippen LogP contribution is -2.47.